The molecule has 0 aliphatic heterocycles. The van der Waals surface area contributed by atoms with E-state index in [9.17, 15) is 29.4 Å². The lowest BCUT2D eigenvalue weighted by atomic mass is 9.88. The molecule has 0 amide bonds. The van der Waals surface area contributed by atoms with Crippen molar-refractivity contribution in [3.63, 3.8) is 0 Å². The second kappa shape index (κ2) is 11.7. The smallest absolute Gasteiger partial charge is 0.352 e. The van der Waals surface area contributed by atoms with E-state index in [4.69, 9.17) is 9.47 Å². The zero-order valence-corrected chi connectivity index (χ0v) is 21.3. The van der Waals surface area contributed by atoms with Gasteiger partial charge < -0.3 is 19.7 Å². The number of fused-ring (bicyclic) bond motifs is 1. The van der Waals surface area contributed by atoms with E-state index >= 15 is 0 Å². The van der Waals surface area contributed by atoms with Gasteiger partial charge in [-0.05, 0) is 63.9 Å². The van der Waals surface area contributed by atoms with Gasteiger partial charge in [-0.1, -0.05) is 48.2 Å². The Bertz CT molecular complexity index is 1790. The highest BCUT2D eigenvalue weighted by atomic mass is 16.5. The molecule has 4 rings (SSSR count). The number of ether oxygens (including phenoxy) is 2. The van der Waals surface area contributed by atoms with Gasteiger partial charge in [0, 0.05) is 19.4 Å². The Morgan fingerprint density at radius 1 is 0.625 bits per heavy atom. The van der Waals surface area contributed by atoms with Gasteiger partial charge in [-0.25, -0.2) is 19.2 Å². The molecule has 0 saturated carbocycles. The Labute approximate surface area is 228 Å². The summed E-state index contributed by atoms with van der Waals surface area (Å²) in [5.74, 6) is 1.01. The second-order valence-electron chi connectivity index (χ2n) is 8.36. The fourth-order valence-corrected chi connectivity index (χ4v) is 4.16. The number of benzene rings is 4. The molecular formula is C32H20O8. The predicted octanol–water partition coefficient (Wildman–Crippen LogP) is 5.85. The SMILES string of the molecule is CC#COC(=O)c1ccc(-c2ccc3c(C(=O)O)c(-c4ccc(C(=O)OC#CC)cc4)c(C(=O)O)cc3c2)cc1. The van der Waals surface area contributed by atoms with Crippen molar-refractivity contribution in [1.82, 2.24) is 0 Å². The van der Waals surface area contributed by atoms with Crippen LogP contribution in [0, 0.1) is 24.1 Å². The minimum Gasteiger partial charge on any atom is -0.478 e. The maximum atomic E-state index is 12.5. The summed E-state index contributed by atoms with van der Waals surface area (Å²) >= 11 is 0. The normalized spacial score (nSPS) is 9.95. The van der Waals surface area contributed by atoms with E-state index in [1.54, 1.807) is 49.4 Å². The van der Waals surface area contributed by atoms with Crippen LogP contribution in [-0.4, -0.2) is 34.1 Å². The van der Waals surface area contributed by atoms with E-state index in [2.05, 4.69) is 24.1 Å². The number of rotatable bonds is 6. The zero-order chi connectivity index (χ0) is 28.8. The van der Waals surface area contributed by atoms with Crippen LogP contribution in [0.25, 0.3) is 33.0 Å². The maximum absolute atomic E-state index is 12.5. The second-order valence-corrected chi connectivity index (χ2v) is 8.36. The molecule has 0 bridgehead atoms. The number of hydrogen-bond donors (Lipinski definition) is 2. The van der Waals surface area contributed by atoms with Gasteiger partial charge in [0.25, 0.3) is 0 Å². The van der Waals surface area contributed by atoms with Crippen LogP contribution in [0.3, 0.4) is 0 Å². The fraction of sp³-hybridized carbons (Fsp3) is 0.0625. The molecule has 40 heavy (non-hydrogen) atoms. The Morgan fingerprint density at radius 3 is 1.60 bits per heavy atom. The Kier molecular flexibility index (Phi) is 7.94. The minimum atomic E-state index is -1.32. The summed E-state index contributed by atoms with van der Waals surface area (Å²) in [4.78, 5) is 48.9. The molecular weight excluding hydrogens is 512 g/mol. The monoisotopic (exact) mass is 532 g/mol. The van der Waals surface area contributed by atoms with Crippen molar-refractivity contribution in [3.05, 3.63) is 95.1 Å². The first-order valence-corrected chi connectivity index (χ1v) is 11.8. The molecule has 0 aromatic heterocycles. The van der Waals surface area contributed by atoms with Gasteiger partial charge in [0.05, 0.1) is 22.3 Å². The maximum Gasteiger partial charge on any atom is 0.352 e. The van der Waals surface area contributed by atoms with Crippen LogP contribution in [0.15, 0.2) is 72.8 Å². The van der Waals surface area contributed by atoms with E-state index in [1.165, 1.54) is 37.3 Å². The fourth-order valence-electron chi connectivity index (χ4n) is 4.16. The van der Waals surface area contributed by atoms with E-state index in [0.29, 0.717) is 33.0 Å². The van der Waals surface area contributed by atoms with Crippen LogP contribution in [0.1, 0.15) is 55.3 Å². The van der Waals surface area contributed by atoms with E-state index < -0.39 is 23.9 Å². The van der Waals surface area contributed by atoms with Gasteiger partial charge >= 0.3 is 23.9 Å². The van der Waals surface area contributed by atoms with E-state index in [1.807, 2.05) is 0 Å². The average molecular weight is 533 g/mol. The van der Waals surface area contributed by atoms with Crippen molar-refractivity contribution in [2.24, 2.45) is 0 Å². The highest BCUT2D eigenvalue weighted by Crippen LogP contribution is 2.36. The van der Waals surface area contributed by atoms with Crippen LogP contribution >= 0.6 is 0 Å². The molecule has 8 heteroatoms. The summed E-state index contributed by atoms with van der Waals surface area (Å²) in [6, 6.07) is 18.7. The first kappa shape index (κ1) is 27.2. The summed E-state index contributed by atoms with van der Waals surface area (Å²) in [5, 5.41) is 20.9. The highest BCUT2D eigenvalue weighted by Gasteiger charge is 2.24. The lowest BCUT2D eigenvalue weighted by molar-refractivity contribution is 0.0680. The molecule has 0 aliphatic carbocycles. The molecule has 0 spiro atoms. The number of carboxylic acid groups (broad SMARTS) is 2. The lowest BCUT2D eigenvalue weighted by Crippen LogP contribution is -2.09. The Hall–Kier alpha value is -5.86. The third-order valence-electron chi connectivity index (χ3n) is 5.94. The largest absolute Gasteiger partial charge is 0.478 e. The average Bonchev–Trinajstić information content (AvgIpc) is 2.97. The summed E-state index contributed by atoms with van der Waals surface area (Å²) in [5.41, 5.74) is 1.76. The first-order chi connectivity index (χ1) is 19.2. The van der Waals surface area contributed by atoms with Crippen molar-refractivity contribution in [1.29, 1.82) is 0 Å². The quantitative estimate of drug-likeness (QED) is 0.234. The van der Waals surface area contributed by atoms with Crippen LogP contribution in [0.5, 0.6) is 0 Å². The van der Waals surface area contributed by atoms with Gasteiger partial charge in [0.1, 0.15) is 12.2 Å². The highest BCUT2D eigenvalue weighted by molar-refractivity contribution is 6.15. The number of hydrogen-bond acceptors (Lipinski definition) is 6. The molecule has 0 saturated heterocycles. The number of esters is 2. The molecule has 0 aliphatic rings. The van der Waals surface area contributed by atoms with Gasteiger partial charge in [-0.2, -0.15) is 0 Å². The topological polar surface area (TPSA) is 127 Å². The summed E-state index contributed by atoms with van der Waals surface area (Å²) in [7, 11) is 0. The minimum absolute atomic E-state index is 0.00608. The van der Waals surface area contributed by atoms with Gasteiger partial charge in [-0.15, -0.1) is 0 Å². The van der Waals surface area contributed by atoms with Crippen LogP contribution in [-0.2, 0) is 9.47 Å². The number of aromatic carboxylic acids is 2. The first-order valence-electron chi connectivity index (χ1n) is 11.8. The Balaban J connectivity index is 1.81. The van der Waals surface area contributed by atoms with Crippen molar-refractivity contribution < 1.29 is 38.9 Å². The standard InChI is InChI=1S/C32H20O8/c1-3-15-39-31(37)21-9-5-19(6-10-21)23-13-14-25-24(17-23)18-26(29(33)34)27(28(25)30(35)36)20-7-11-22(12-8-20)32(38)40-16-4-2/h5-14,17-18H,1-2H3,(H,33,34)(H,35,36). The van der Waals surface area contributed by atoms with Crippen LogP contribution < -0.4 is 0 Å². The third kappa shape index (κ3) is 5.52. The van der Waals surface area contributed by atoms with E-state index in [0.717, 1.165) is 0 Å². The molecule has 2 N–H and O–H groups in total. The molecule has 0 heterocycles. The molecule has 196 valence electrons. The number of carbonyl (C=O) groups excluding carboxylic acids is 2. The molecule has 0 atom stereocenters. The number of carboxylic acids is 2. The van der Waals surface area contributed by atoms with Crippen molar-refractivity contribution in [2.75, 3.05) is 0 Å². The molecule has 0 radical (unpaired) electrons. The summed E-state index contributed by atoms with van der Waals surface area (Å²) in [6.07, 6.45) is 4.46. The number of carbonyl (C=O) groups is 4. The van der Waals surface area contributed by atoms with Gasteiger partial charge in [0.15, 0.2) is 0 Å². The van der Waals surface area contributed by atoms with Crippen LogP contribution in [0.4, 0.5) is 0 Å². The molecule has 0 unspecified atom stereocenters. The summed E-state index contributed by atoms with van der Waals surface area (Å²) < 4.78 is 9.56. The predicted molar refractivity (Wildman–Crippen MR) is 146 cm³/mol. The van der Waals surface area contributed by atoms with Gasteiger partial charge in [-0.3, -0.25) is 0 Å². The van der Waals surface area contributed by atoms with Crippen molar-refractivity contribution in [3.8, 4) is 46.3 Å². The summed E-state index contributed by atoms with van der Waals surface area (Å²) in [6.45, 7) is 3.06. The molecule has 4 aromatic carbocycles. The molecule has 4 aromatic rings. The van der Waals surface area contributed by atoms with Crippen molar-refractivity contribution in [2.45, 2.75) is 13.8 Å². The van der Waals surface area contributed by atoms with E-state index in [-0.39, 0.29) is 22.3 Å². The Morgan fingerprint density at radius 2 is 1.12 bits per heavy atom. The zero-order valence-electron chi connectivity index (χ0n) is 21.3. The molecule has 0 fully saturated rings. The van der Waals surface area contributed by atoms with Gasteiger partial charge in [0.2, 0.25) is 0 Å². The van der Waals surface area contributed by atoms with Crippen LogP contribution in [0.2, 0.25) is 0 Å². The lowest BCUT2D eigenvalue weighted by Gasteiger charge is -2.15. The third-order valence-corrected chi connectivity index (χ3v) is 5.94. The van der Waals surface area contributed by atoms with Crippen molar-refractivity contribution >= 4 is 34.6 Å². The molecule has 8 nitrogen and oxygen atoms in total.